The van der Waals surface area contributed by atoms with Gasteiger partial charge in [-0.2, -0.15) is 8.78 Å². The van der Waals surface area contributed by atoms with Crippen LogP contribution >= 0.6 is 0 Å². The van der Waals surface area contributed by atoms with Crippen molar-refractivity contribution in [1.29, 1.82) is 0 Å². The minimum absolute atomic E-state index is 0.479. The van der Waals surface area contributed by atoms with E-state index < -0.39 is 17.1 Å². The van der Waals surface area contributed by atoms with Gasteiger partial charge in [0.2, 0.25) is 0 Å². The minimum Gasteiger partial charge on any atom is -0.463 e. The van der Waals surface area contributed by atoms with Crippen molar-refractivity contribution in [3.63, 3.8) is 0 Å². The van der Waals surface area contributed by atoms with Crippen LogP contribution in [0.1, 0.15) is 12.7 Å². The summed E-state index contributed by atoms with van der Waals surface area (Å²) in [5, 5.41) is 0. The lowest BCUT2D eigenvalue weighted by atomic mass is 10.3. The zero-order valence-electron chi connectivity index (χ0n) is 5.80. The van der Waals surface area contributed by atoms with Gasteiger partial charge in [0.05, 0.1) is 6.26 Å². The van der Waals surface area contributed by atoms with Gasteiger partial charge < -0.3 is 4.42 Å². The maximum Gasteiger partial charge on any atom is 0.302 e. The lowest BCUT2D eigenvalue weighted by Gasteiger charge is -2.06. The van der Waals surface area contributed by atoms with Crippen LogP contribution in [-0.4, -0.2) is 0 Å². The Hall–Kier alpha value is -1.19. The van der Waals surface area contributed by atoms with Crippen molar-refractivity contribution in [3.05, 3.63) is 34.4 Å². The fourth-order valence-corrected chi connectivity index (χ4v) is 0.616. The molecule has 0 aliphatic rings. The van der Waals surface area contributed by atoms with Crippen molar-refractivity contribution in [2.24, 2.45) is 0 Å². The highest BCUT2D eigenvalue weighted by atomic mass is 19.3. The number of hydrogen-bond acceptors (Lipinski definition) is 2. The monoisotopic (exact) mass is 160 g/mol. The molecule has 0 N–H and O–H groups in total. The summed E-state index contributed by atoms with van der Waals surface area (Å²) < 4.78 is 29.2. The van der Waals surface area contributed by atoms with Gasteiger partial charge in [-0.3, -0.25) is 4.79 Å². The Kier molecular flexibility index (Phi) is 1.76. The predicted molar refractivity (Wildman–Crippen MR) is 34.5 cm³/mol. The second-order valence-corrected chi connectivity index (χ2v) is 2.22. The van der Waals surface area contributed by atoms with Crippen LogP contribution in [0, 0.1) is 0 Å². The molecular weight excluding hydrogens is 154 g/mol. The van der Waals surface area contributed by atoms with Crippen molar-refractivity contribution < 1.29 is 13.2 Å². The van der Waals surface area contributed by atoms with E-state index in [-0.39, 0.29) is 0 Å². The summed E-state index contributed by atoms with van der Waals surface area (Å²) in [5.74, 6) is -3.69. The molecule has 1 heterocycles. The highest BCUT2D eigenvalue weighted by Crippen LogP contribution is 2.24. The van der Waals surface area contributed by atoms with Crippen LogP contribution in [0.3, 0.4) is 0 Å². The molecule has 0 radical (unpaired) electrons. The minimum atomic E-state index is -3.08. The second-order valence-electron chi connectivity index (χ2n) is 2.22. The summed E-state index contributed by atoms with van der Waals surface area (Å²) in [4.78, 5) is 10.5. The first-order chi connectivity index (χ1) is 5.00. The van der Waals surface area contributed by atoms with Crippen LogP contribution in [0.5, 0.6) is 0 Å². The standard InChI is InChI=1S/C7H6F2O2/c1-7(8,9)6-4-5(10)2-3-11-6/h2-4H,1H3. The van der Waals surface area contributed by atoms with Gasteiger partial charge in [-0.25, -0.2) is 0 Å². The Labute approximate surface area is 61.5 Å². The molecule has 1 aromatic rings. The van der Waals surface area contributed by atoms with Gasteiger partial charge in [0.1, 0.15) is 0 Å². The highest BCUT2D eigenvalue weighted by Gasteiger charge is 2.27. The summed E-state index contributed by atoms with van der Waals surface area (Å²) in [7, 11) is 0. The number of halogens is 2. The Bertz CT molecular complexity index is 298. The molecule has 0 saturated carbocycles. The van der Waals surface area contributed by atoms with Crippen molar-refractivity contribution >= 4 is 0 Å². The summed E-state index contributed by atoms with van der Waals surface area (Å²) in [6.45, 7) is 0.672. The molecule has 1 rings (SSSR count). The molecule has 0 saturated heterocycles. The lowest BCUT2D eigenvalue weighted by Crippen LogP contribution is -2.10. The summed E-state index contributed by atoms with van der Waals surface area (Å²) in [6, 6.07) is 1.86. The molecule has 4 heteroatoms. The molecular formula is C7H6F2O2. The third-order valence-electron chi connectivity index (χ3n) is 1.13. The molecule has 0 amide bonds. The van der Waals surface area contributed by atoms with Crippen LogP contribution in [0.25, 0.3) is 0 Å². The third kappa shape index (κ3) is 1.86. The van der Waals surface area contributed by atoms with Gasteiger partial charge in [-0.05, 0) is 0 Å². The molecule has 0 aliphatic carbocycles. The Morgan fingerprint density at radius 1 is 1.55 bits per heavy atom. The maximum atomic E-state index is 12.4. The van der Waals surface area contributed by atoms with Gasteiger partial charge in [-0.15, -0.1) is 0 Å². The zero-order chi connectivity index (χ0) is 8.48. The van der Waals surface area contributed by atoms with E-state index in [2.05, 4.69) is 4.42 Å². The number of hydrogen-bond donors (Lipinski definition) is 0. The van der Waals surface area contributed by atoms with Gasteiger partial charge >= 0.3 is 5.92 Å². The van der Waals surface area contributed by atoms with Crippen LogP contribution in [0.15, 0.2) is 27.6 Å². The zero-order valence-corrected chi connectivity index (χ0v) is 5.80. The molecule has 0 bridgehead atoms. The van der Waals surface area contributed by atoms with E-state index in [1.165, 1.54) is 0 Å². The topological polar surface area (TPSA) is 30.2 Å². The largest absolute Gasteiger partial charge is 0.463 e. The normalized spacial score (nSPS) is 11.5. The Morgan fingerprint density at radius 3 is 2.55 bits per heavy atom. The first-order valence-corrected chi connectivity index (χ1v) is 2.97. The fourth-order valence-electron chi connectivity index (χ4n) is 0.616. The average Bonchev–Trinajstić information content (AvgIpc) is 1.86. The molecule has 0 aliphatic heterocycles. The van der Waals surface area contributed by atoms with E-state index in [1.54, 1.807) is 0 Å². The van der Waals surface area contributed by atoms with Gasteiger partial charge in [0.25, 0.3) is 0 Å². The van der Waals surface area contributed by atoms with Crippen LogP contribution in [-0.2, 0) is 5.92 Å². The molecule has 1 aromatic heterocycles. The van der Waals surface area contributed by atoms with Gasteiger partial charge in [0.15, 0.2) is 11.2 Å². The SMILES string of the molecule is CC(F)(F)c1cc(=O)cco1. The molecule has 0 spiro atoms. The van der Waals surface area contributed by atoms with E-state index in [0.29, 0.717) is 6.92 Å². The Balaban J connectivity index is 3.16. The van der Waals surface area contributed by atoms with Crippen LogP contribution in [0.4, 0.5) is 8.78 Å². The molecule has 0 atom stereocenters. The van der Waals surface area contributed by atoms with Crippen molar-refractivity contribution in [1.82, 2.24) is 0 Å². The molecule has 60 valence electrons. The molecule has 0 aromatic carbocycles. The summed E-state index contributed by atoms with van der Waals surface area (Å²) in [6.07, 6.45) is 0.953. The van der Waals surface area contributed by atoms with E-state index in [4.69, 9.17) is 0 Å². The van der Waals surface area contributed by atoms with E-state index in [1.807, 2.05) is 0 Å². The average molecular weight is 160 g/mol. The van der Waals surface area contributed by atoms with Gasteiger partial charge in [0, 0.05) is 19.1 Å². The van der Waals surface area contributed by atoms with E-state index in [9.17, 15) is 13.6 Å². The first-order valence-electron chi connectivity index (χ1n) is 2.97. The van der Waals surface area contributed by atoms with Crippen LogP contribution < -0.4 is 5.43 Å². The maximum absolute atomic E-state index is 12.4. The number of alkyl halides is 2. The lowest BCUT2D eigenvalue weighted by molar-refractivity contribution is -0.00699. The van der Waals surface area contributed by atoms with E-state index >= 15 is 0 Å². The summed E-state index contributed by atoms with van der Waals surface area (Å²) in [5.41, 5.74) is -0.479. The second kappa shape index (κ2) is 2.45. The van der Waals surface area contributed by atoms with Crippen molar-refractivity contribution in [3.8, 4) is 0 Å². The van der Waals surface area contributed by atoms with Crippen molar-refractivity contribution in [2.45, 2.75) is 12.8 Å². The number of rotatable bonds is 1. The van der Waals surface area contributed by atoms with Crippen molar-refractivity contribution in [2.75, 3.05) is 0 Å². The predicted octanol–water partition coefficient (Wildman–Crippen LogP) is 1.75. The Morgan fingerprint density at radius 2 is 2.18 bits per heavy atom. The fraction of sp³-hybridized carbons (Fsp3) is 0.286. The van der Waals surface area contributed by atoms with E-state index in [0.717, 1.165) is 18.4 Å². The quantitative estimate of drug-likeness (QED) is 0.626. The van der Waals surface area contributed by atoms with Gasteiger partial charge in [-0.1, -0.05) is 0 Å². The smallest absolute Gasteiger partial charge is 0.302 e. The highest BCUT2D eigenvalue weighted by molar-refractivity contribution is 5.04. The molecule has 11 heavy (non-hydrogen) atoms. The molecule has 0 fully saturated rings. The summed E-state index contributed by atoms with van der Waals surface area (Å²) >= 11 is 0. The first kappa shape index (κ1) is 7.91. The molecule has 2 nitrogen and oxygen atoms in total. The molecule has 0 unspecified atom stereocenters. The van der Waals surface area contributed by atoms with Crippen LogP contribution in [0.2, 0.25) is 0 Å². The third-order valence-corrected chi connectivity index (χ3v) is 1.13.